The third-order valence-electron chi connectivity index (χ3n) is 5.11. The van der Waals surface area contributed by atoms with Crippen molar-refractivity contribution >= 4 is 41.1 Å². The number of likely N-dealkylation sites (tertiary alicyclic amines) is 1. The molecule has 1 aliphatic heterocycles. The number of carbonyl (C=O) groups excluding carboxylic acids is 3. The number of nitrogens with one attached hydrogen (secondary N) is 1. The first-order chi connectivity index (χ1) is 14.8. The Kier molecular flexibility index (Phi) is 7.30. The van der Waals surface area contributed by atoms with E-state index in [4.69, 9.17) is 5.73 Å². The Morgan fingerprint density at radius 2 is 1.71 bits per heavy atom. The number of piperidine rings is 1. The fourth-order valence-corrected chi connectivity index (χ4v) is 4.24. The van der Waals surface area contributed by atoms with Crippen molar-refractivity contribution in [2.75, 3.05) is 24.2 Å². The molecule has 3 amide bonds. The summed E-state index contributed by atoms with van der Waals surface area (Å²) < 4.78 is 0. The van der Waals surface area contributed by atoms with Gasteiger partial charge in [-0.2, -0.15) is 0 Å². The van der Waals surface area contributed by atoms with Crippen molar-refractivity contribution in [3.63, 3.8) is 0 Å². The number of thioether (sulfide) groups is 1. The molecule has 1 fully saturated rings. The van der Waals surface area contributed by atoms with Crippen molar-refractivity contribution in [1.82, 2.24) is 4.90 Å². The van der Waals surface area contributed by atoms with Crippen LogP contribution in [-0.4, -0.2) is 52.5 Å². The predicted octanol–water partition coefficient (Wildman–Crippen LogP) is 2.45. The van der Waals surface area contributed by atoms with E-state index in [0.717, 1.165) is 4.90 Å². The van der Waals surface area contributed by atoms with Crippen molar-refractivity contribution in [3.05, 3.63) is 59.7 Å². The second-order valence-corrected chi connectivity index (χ2v) is 8.23. The second-order valence-electron chi connectivity index (χ2n) is 7.18. The lowest BCUT2D eigenvalue weighted by Gasteiger charge is -2.30. The van der Waals surface area contributed by atoms with Crippen molar-refractivity contribution in [2.45, 2.75) is 17.7 Å². The number of hydrogen-bond acceptors (Lipinski definition) is 5. The van der Waals surface area contributed by atoms with Crippen LogP contribution in [0.1, 0.15) is 33.6 Å². The molecule has 4 N–H and O–H groups in total. The molecule has 0 bridgehead atoms. The van der Waals surface area contributed by atoms with E-state index in [1.54, 1.807) is 35.2 Å². The van der Waals surface area contributed by atoms with Gasteiger partial charge < -0.3 is 21.1 Å². The van der Waals surface area contributed by atoms with E-state index < -0.39 is 11.9 Å². The molecule has 0 radical (unpaired) electrons. The van der Waals surface area contributed by atoms with Crippen molar-refractivity contribution < 1.29 is 24.3 Å². The molecule has 9 heteroatoms. The Hall–Kier alpha value is -3.33. The Balaban J connectivity index is 1.57. The molecule has 0 spiro atoms. The molecule has 2 aromatic rings. The lowest BCUT2D eigenvalue weighted by atomic mass is 9.96. The summed E-state index contributed by atoms with van der Waals surface area (Å²) >= 11 is 1.35. The van der Waals surface area contributed by atoms with Crippen LogP contribution in [0.3, 0.4) is 0 Å². The lowest BCUT2D eigenvalue weighted by Crippen LogP contribution is -2.42. The number of nitrogens with zero attached hydrogens (tertiary/aromatic N) is 1. The molecule has 2 aromatic carbocycles. The molecule has 1 aliphatic rings. The first-order valence-corrected chi connectivity index (χ1v) is 10.8. The molecule has 8 nitrogen and oxygen atoms in total. The van der Waals surface area contributed by atoms with E-state index in [-0.39, 0.29) is 34.6 Å². The molecule has 0 aromatic heterocycles. The van der Waals surface area contributed by atoms with Crippen LogP contribution in [0.5, 0.6) is 0 Å². The minimum absolute atomic E-state index is 0.0160. The van der Waals surface area contributed by atoms with Gasteiger partial charge in [0.15, 0.2) is 0 Å². The molecule has 0 atom stereocenters. The van der Waals surface area contributed by atoms with Gasteiger partial charge >= 0.3 is 5.97 Å². The van der Waals surface area contributed by atoms with Gasteiger partial charge in [-0.25, -0.2) is 4.79 Å². The SMILES string of the molecule is NC(=O)C1CCN(C(=O)CSc2cccc(NC(=O)c3ccccc3C(=O)O)c2)CC1. The molecular weight excluding hydrogens is 418 g/mol. The minimum atomic E-state index is -1.17. The number of carboxylic acid groups (broad SMARTS) is 1. The van der Waals surface area contributed by atoms with Gasteiger partial charge in [-0.3, -0.25) is 14.4 Å². The van der Waals surface area contributed by atoms with E-state index in [0.29, 0.717) is 31.6 Å². The maximum Gasteiger partial charge on any atom is 0.336 e. The predicted molar refractivity (Wildman–Crippen MR) is 117 cm³/mol. The number of primary amides is 1. The second kappa shape index (κ2) is 10.1. The third kappa shape index (κ3) is 5.85. The van der Waals surface area contributed by atoms with Crippen LogP contribution in [-0.2, 0) is 9.59 Å². The highest BCUT2D eigenvalue weighted by atomic mass is 32.2. The minimum Gasteiger partial charge on any atom is -0.478 e. The Morgan fingerprint density at radius 3 is 2.35 bits per heavy atom. The highest BCUT2D eigenvalue weighted by molar-refractivity contribution is 8.00. The summed E-state index contributed by atoms with van der Waals surface area (Å²) in [6.07, 6.45) is 1.18. The van der Waals surface area contributed by atoms with E-state index in [9.17, 15) is 24.3 Å². The molecule has 1 heterocycles. The van der Waals surface area contributed by atoms with Gasteiger partial charge in [0.05, 0.1) is 16.9 Å². The number of rotatable bonds is 7. The van der Waals surface area contributed by atoms with Crippen LogP contribution >= 0.6 is 11.8 Å². The summed E-state index contributed by atoms with van der Waals surface area (Å²) in [5, 5.41) is 12.0. The van der Waals surface area contributed by atoms with Crippen molar-refractivity contribution in [2.24, 2.45) is 11.7 Å². The van der Waals surface area contributed by atoms with Gasteiger partial charge in [0.1, 0.15) is 0 Å². The molecule has 3 rings (SSSR count). The first-order valence-electron chi connectivity index (χ1n) is 9.79. The maximum atomic E-state index is 12.5. The average Bonchev–Trinajstić information content (AvgIpc) is 2.77. The van der Waals surface area contributed by atoms with Crippen molar-refractivity contribution in [3.8, 4) is 0 Å². The average molecular weight is 442 g/mol. The Labute approximate surface area is 183 Å². The number of benzene rings is 2. The number of aromatic carboxylic acids is 1. The molecule has 0 saturated carbocycles. The van der Waals surface area contributed by atoms with Crippen LogP contribution in [0.25, 0.3) is 0 Å². The molecule has 162 valence electrons. The summed E-state index contributed by atoms with van der Waals surface area (Å²) in [7, 11) is 0. The Bertz CT molecular complexity index is 1000. The van der Waals surface area contributed by atoms with Crippen LogP contribution in [0.2, 0.25) is 0 Å². The smallest absolute Gasteiger partial charge is 0.336 e. The standard InChI is InChI=1S/C22H23N3O5S/c23-20(27)14-8-10-25(11-9-14)19(26)13-31-16-5-3-4-15(12-16)24-21(28)17-6-1-2-7-18(17)22(29)30/h1-7,12,14H,8-11,13H2,(H2,23,27)(H,24,28)(H,29,30). The molecule has 1 saturated heterocycles. The van der Waals surface area contributed by atoms with E-state index in [1.807, 2.05) is 6.07 Å². The molecule has 0 aliphatic carbocycles. The highest BCUT2D eigenvalue weighted by Gasteiger charge is 2.25. The van der Waals surface area contributed by atoms with E-state index in [1.165, 1.54) is 23.9 Å². The zero-order chi connectivity index (χ0) is 22.4. The lowest BCUT2D eigenvalue weighted by molar-refractivity contribution is -0.132. The topological polar surface area (TPSA) is 130 Å². The number of carbonyl (C=O) groups is 4. The summed E-state index contributed by atoms with van der Waals surface area (Å²) in [6, 6.07) is 13.0. The number of amides is 3. The van der Waals surface area contributed by atoms with Gasteiger partial charge in [0.2, 0.25) is 11.8 Å². The van der Waals surface area contributed by atoms with E-state index >= 15 is 0 Å². The monoisotopic (exact) mass is 441 g/mol. The first kappa shape index (κ1) is 22.4. The fourth-order valence-electron chi connectivity index (χ4n) is 3.38. The zero-order valence-corrected chi connectivity index (χ0v) is 17.6. The summed E-state index contributed by atoms with van der Waals surface area (Å²) in [6.45, 7) is 1.04. The normalized spacial score (nSPS) is 14.1. The van der Waals surface area contributed by atoms with Gasteiger partial charge in [-0.1, -0.05) is 18.2 Å². The van der Waals surface area contributed by atoms with E-state index in [2.05, 4.69) is 5.32 Å². The van der Waals surface area contributed by atoms with Gasteiger partial charge in [0, 0.05) is 29.6 Å². The quantitative estimate of drug-likeness (QED) is 0.566. The van der Waals surface area contributed by atoms with Crippen molar-refractivity contribution in [1.29, 1.82) is 0 Å². The number of nitrogens with two attached hydrogens (primary N) is 1. The highest BCUT2D eigenvalue weighted by Crippen LogP contribution is 2.24. The summed E-state index contributed by atoms with van der Waals surface area (Å²) in [4.78, 5) is 50.1. The van der Waals surface area contributed by atoms with Gasteiger partial charge in [-0.15, -0.1) is 11.8 Å². The molecular formula is C22H23N3O5S. The number of anilines is 1. The third-order valence-corrected chi connectivity index (χ3v) is 6.08. The maximum absolute atomic E-state index is 12.5. The molecule has 0 unspecified atom stereocenters. The van der Waals surface area contributed by atoms with Gasteiger partial charge in [-0.05, 0) is 43.2 Å². The van der Waals surface area contributed by atoms with Crippen LogP contribution < -0.4 is 11.1 Å². The number of carboxylic acids is 1. The Morgan fingerprint density at radius 1 is 1.03 bits per heavy atom. The van der Waals surface area contributed by atoms with Gasteiger partial charge in [0.25, 0.3) is 5.91 Å². The molecule has 31 heavy (non-hydrogen) atoms. The number of hydrogen-bond donors (Lipinski definition) is 3. The van der Waals surface area contributed by atoms with Crippen LogP contribution in [0.15, 0.2) is 53.4 Å². The largest absolute Gasteiger partial charge is 0.478 e. The van der Waals surface area contributed by atoms with Crippen LogP contribution in [0.4, 0.5) is 5.69 Å². The summed E-state index contributed by atoms with van der Waals surface area (Å²) in [5.74, 6) is -1.95. The zero-order valence-electron chi connectivity index (χ0n) is 16.7. The summed E-state index contributed by atoms with van der Waals surface area (Å²) in [5.41, 5.74) is 5.83. The van der Waals surface area contributed by atoms with Crippen LogP contribution in [0, 0.1) is 5.92 Å². The fraction of sp³-hybridized carbons (Fsp3) is 0.273.